The van der Waals surface area contributed by atoms with Gasteiger partial charge in [0.25, 0.3) is 0 Å². The zero-order chi connectivity index (χ0) is 12.5. The molecule has 0 bridgehead atoms. The molecule has 0 aliphatic carbocycles. The molecule has 0 saturated heterocycles. The molecular formula is C10H7F3N2S2. The number of pyridine rings is 1. The third-order valence-corrected chi connectivity index (χ3v) is 5.65. The maximum Gasteiger partial charge on any atom is 0.417 e. The largest absolute Gasteiger partial charge is 0.417 e. The monoisotopic (exact) mass is 276 g/mol. The summed E-state index contributed by atoms with van der Waals surface area (Å²) >= 11 is 1.35. The van der Waals surface area contributed by atoms with E-state index in [0.29, 0.717) is 22.1 Å². The molecule has 0 amide bonds. The Bertz CT molecular complexity index is 517. The van der Waals surface area contributed by atoms with Crippen LogP contribution in [0.4, 0.5) is 13.2 Å². The van der Waals surface area contributed by atoms with E-state index in [1.165, 1.54) is 11.8 Å². The summed E-state index contributed by atoms with van der Waals surface area (Å²) < 4.78 is 39.5. The van der Waals surface area contributed by atoms with E-state index >= 15 is 0 Å². The minimum atomic E-state index is -4.36. The second kappa shape index (κ2) is 4.70. The molecule has 2 rings (SSSR count). The summed E-state index contributed by atoms with van der Waals surface area (Å²) in [5.41, 5.74) is -0.721. The van der Waals surface area contributed by atoms with Gasteiger partial charge in [-0.05, 0) is 6.07 Å². The number of alkyl halides is 3. The van der Waals surface area contributed by atoms with E-state index in [9.17, 15) is 13.2 Å². The predicted molar refractivity (Wildman–Crippen MR) is 62.1 cm³/mol. The highest BCUT2D eigenvalue weighted by molar-refractivity contribution is 8.34. The first-order valence-corrected chi connectivity index (χ1v) is 7.00. The molecule has 1 aromatic rings. The van der Waals surface area contributed by atoms with Crippen LogP contribution in [0.15, 0.2) is 22.2 Å². The first-order chi connectivity index (χ1) is 8.02. The van der Waals surface area contributed by atoms with E-state index in [1.807, 2.05) is 10.8 Å². The highest BCUT2D eigenvalue weighted by atomic mass is 32.2. The van der Waals surface area contributed by atoms with E-state index in [-0.39, 0.29) is 0 Å². The van der Waals surface area contributed by atoms with Crippen molar-refractivity contribution in [1.29, 1.82) is 5.26 Å². The molecule has 0 N–H and O–H groups in total. The van der Waals surface area contributed by atoms with E-state index < -0.39 is 22.2 Å². The van der Waals surface area contributed by atoms with E-state index in [0.717, 1.165) is 12.3 Å². The van der Waals surface area contributed by atoms with Gasteiger partial charge in [-0.15, -0.1) is 10.5 Å². The maximum absolute atomic E-state index is 12.5. The van der Waals surface area contributed by atoms with Gasteiger partial charge in [-0.1, -0.05) is 11.8 Å². The zero-order valence-corrected chi connectivity index (χ0v) is 10.1. The number of hydrogen-bond donors (Lipinski definition) is 0. The van der Waals surface area contributed by atoms with Crippen molar-refractivity contribution in [3.05, 3.63) is 17.8 Å². The lowest BCUT2D eigenvalue weighted by Crippen LogP contribution is -2.05. The summed E-state index contributed by atoms with van der Waals surface area (Å²) in [5, 5.41) is 9.12. The molecule has 0 radical (unpaired) electrons. The van der Waals surface area contributed by atoms with Gasteiger partial charge in [-0.3, -0.25) is 0 Å². The lowest BCUT2D eigenvalue weighted by molar-refractivity contribution is -0.138. The van der Waals surface area contributed by atoms with Gasteiger partial charge in [0.2, 0.25) is 0 Å². The molecule has 1 atom stereocenters. The third-order valence-electron chi connectivity index (χ3n) is 2.14. The number of nitriles is 1. The van der Waals surface area contributed by atoms with Crippen molar-refractivity contribution in [2.45, 2.75) is 22.5 Å². The van der Waals surface area contributed by atoms with Crippen LogP contribution in [0.2, 0.25) is 0 Å². The second-order valence-electron chi connectivity index (χ2n) is 3.28. The molecule has 0 fully saturated rings. The van der Waals surface area contributed by atoms with Crippen LogP contribution >= 0.6 is 22.2 Å². The number of thioether (sulfide) groups is 1. The smallest absolute Gasteiger partial charge is 0.248 e. The molecule has 1 unspecified atom stereocenters. The molecular weight excluding hydrogens is 269 g/mol. The van der Waals surface area contributed by atoms with Crippen LogP contribution in [0, 0.1) is 11.3 Å². The van der Waals surface area contributed by atoms with E-state index in [4.69, 9.17) is 5.26 Å². The summed E-state index contributed by atoms with van der Waals surface area (Å²) in [6.45, 7) is 0. The van der Waals surface area contributed by atoms with Crippen molar-refractivity contribution in [3.8, 4) is 6.07 Å². The lowest BCUT2D eigenvalue weighted by Gasteiger charge is -2.09. The van der Waals surface area contributed by atoms with Crippen LogP contribution in [-0.4, -0.2) is 15.4 Å². The van der Waals surface area contributed by atoms with Gasteiger partial charge in [0, 0.05) is 28.0 Å². The van der Waals surface area contributed by atoms with Gasteiger partial charge >= 0.3 is 6.18 Å². The maximum atomic E-state index is 12.5. The van der Waals surface area contributed by atoms with Crippen molar-refractivity contribution in [1.82, 2.24) is 4.98 Å². The fraction of sp³-hybridized carbons (Fsp3) is 0.300. The summed E-state index contributed by atoms with van der Waals surface area (Å²) in [6.07, 6.45) is -3.16. The Morgan fingerprint density at radius 2 is 2.24 bits per heavy atom. The minimum Gasteiger partial charge on any atom is -0.248 e. The number of halogens is 3. The Morgan fingerprint density at radius 3 is 2.88 bits per heavy atom. The molecule has 1 aromatic heterocycles. The summed E-state index contributed by atoms with van der Waals surface area (Å²) in [4.78, 5) is 4.43. The molecule has 7 heteroatoms. The van der Waals surface area contributed by atoms with Gasteiger partial charge < -0.3 is 0 Å². The normalized spacial score (nSPS) is 18.4. The summed E-state index contributed by atoms with van der Waals surface area (Å²) in [5.74, 6) is 0.569. The highest BCUT2D eigenvalue weighted by Gasteiger charge is 2.32. The van der Waals surface area contributed by atoms with Gasteiger partial charge in [-0.25, -0.2) is 4.98 Å². The molecule has 0 aromatic carbocycles. The molecule has 0 saturated carbocycles. The molecule has 1 aliphatic heterocycles. The van der Waals surface area contributed by atoms with Crippen LogP contribution in [0.25, 0.3) is 0 Å². The molecule has 2 nitrogen and oxygen atoms in total. The van der Waals surface area contributed by atoms with Gasteiger partial charge in [0.15, 0.2) is 0 Å². The Hall–Kier alpha value is -1.00. The quantitative estimate of drug-likeness (QED) is 0.776. The van der Waals surface area contributed by atoms with Gasteiger partial charge in [0.05, 0.1) is 11.6 Å². The first-order valence-electron chi connectivity index (χ1n) is 4.66. The van der Waals surface area contributed by atoms with Crippen LogP contribution in [-0.2, 0) is 6.18 Å². The van der Waals surface area contributed by atoms with Crippen LogP contribution in [0.3, 0.4) is 0 Å². The van der Waals surface area contributed by atoms with E-state index in [2.05, 4.69) is 4.98 Å². The number of rotatable bonds is 2. The molecule has 90 valence electrons. The number of fused-ring (bicyclic) bond motifs is 1. The lowest BCUT2D eigenvalue weighted by atomic mass is 10.3. The Kier molecular flexibility index (Phi) is 3.45. The van der Waals surface area contributed by atoms with E-state index in [1.54, 1.807) is 0 Å². The second-order valence-corrected chi connectivity index (χ2v) is 6.38. The topological polar surface area (TPSA) is 36.7 Å². The number of hydrogen-bond acceptors (Lipinski definition) is 3. The molecule has 1 aliphatic rings. The number of aromatic nitrogens is 1. The van der Waals surface area contributed by atoms with Gasteiger partial charge in [-0.2, -0.15) is 18.4 Å². The van der Waals surface area contributed by atoms with Crippen molar-refractivity contribution in [2.75, 3.05) is 5.75 Å². The van der Waals surface area contributed by atoms with Crippen molar-refractivity contribution < 1.29 is 13.2 Å². The first kappa shape index (κ1) is 12.5. The average Bonchev–Trinajstić information content (AvgIpc) is 2.67. The van der Waals surface area contributed by atoms with Crippen LogP contribution < -0.4 is 0 Å². The Morgan fingerprint density at radius 1 is 1.47 bits per heavy atom. The fourth-order valence-electron chi connectivity index (χ4n) is 1.33. The summed E-state index contributed by atoms with van der Waals surface area (Å²) in [6, 6.07) is 3.16. The Balaban J connectivity index is 2.33. The zero-order valence-electron chi connectivity index (χ0n) is 8.49. The average molecular weight is 276 g/mol. The molecule has 2 heterocycles. The molecule has 0 spiro atoms. The van der Waals surface area contributed by atoms with Crippen molar-refractivity contribution in [2.24, 2.45) is 0 Å². The number of nitrogens with zero attached hydrogens (tertiary/aromatic N) is 2. The SMILES string of the molecule is N#CCCS1=CSc2ncc(C(F)(F)F)cc21. The Labute approximate surface area is 103 Å². The van der Waals surface area contributed by atoms with Gasteiger partial charge in [0.1, 0.15) is 5.03 Å². The summed E-state index contributed by atoms with van der Waals surface area (Å²) in [7, 11) is -0.394. The van der Waals surface area contributed by atoms with Crippen molar-refractivity contribution in [3.63, 3.8) is 0 Å². The standard InChI is InChI=1S/C10H7F3N2S2/c11-10(12,13)7-4-8-9(15-5-7)16-6-17(8)3-1-2-14/h4-6H,1,3H2. The van der Waals surface area contributed by atoms with Crippen LogP contribution in [0.5, 0.6) is 0 Å². The predicted octanol–water partition coefficient (Wildman–Crippen LogP) is 3.51. The van der Waals surface area contributed by atoms with Crippen LogP contribution in [0.1, 0.15) is 12.0 Å². The minimum absolute atomic E-state index is 0.343. The highest BCUT2D eigenvalue weighted by Crippen LogP contribution is 2.44. The fourth-order valence-corrected chi connectivity index (χ4v) is 4.80. The van der Waals surface area contributed by atoms with Crippen molar-refractivity contribution >= 4 is 26.9 Å². The third kappa shape index (κ3) is 2.64. The molecule has 17 heavy (non-hydrogen) atoms.